The van der Waals surface area contributed by atoms with Crippen molar-refractivity contribution in [1.29, 1.82) is 0 Å². The first-order valence-electron chi connectivity index (χ1n) is 6.74. The quantitative estimate of drug-likeness (QED) is 0.373. The van der Waals surface area contributed by atoms with E-state index in [1.54, 1.807) is 13.0 Å². The lowest BCUT2D eigenvalue weighted by atomic mass is 9.95. The Labute approximate surface area is 132 Å². The highest BCUT2D eigenvalue weighted by atomic mass is 16.6. The molecule has 120 valence electrons. The standard InChI is InChI=1S/C15H15N3O5/c1-3-7-23-14(19)12-9(2)16-15(20)17-13(12)10-5-4-6-11(8-10)18(21)22/h3-6,8,13H,1,7H2,2H3,(H2,16,17,20). The summed E-state index contributed by atoms with van der Waals surface area (Å²) in [4.78, 5) is 34.3. The molecule has 8 heteroatoms. The number of esters is 1. The van der Waals surface area contributed by atoms with E-state index in [1.165, 1.54) is 24.3 Å². The van der Waals surface area contributed by atoms with Crippen molar-refractivity contribution in [3.63, 3.8) is 0 Å². The first-order chi connectivity index (χ1) is 10.9. The Bertz CT molecular complexity index is 711. The molecule has 2 N–H and O–H groups in total. The van der Waals surface area contributed by atoms with Crippen LogP contribution in [0.4, 0.5) is 10.5 Å². The van der Waals surface area contributed by atoms with Crippen LogP contribution in [0.2, 0.25) is 0 Å². The molecule has 1 aliphatic rings. The monoisotopic (exact) mass is 317 g/mol. The number of nitro groups is 1. The number of rotatable bonds is 5. The summed E-state index contributed by atoms with van der Waals surface area (Å²) in [6.07, 6.45) is 1.42. The van der Waals surface area contributed by atoms with E-state index in [1.807, 2.05) is 0 Å². The van der Waals surface area contributed by atoms with Gasteiger partial charge in [-0.1, -0.05) is 24.8 Å². The van der Waals surface area contributed by atoms with E-state index in [2.05, 4.69) is 17.2 Å². The van der Waals surface area contributed by atoms with E-state index in [4.69, 9.17) is 4.74 Å². The molecule has 1 atom stereocenters. The Hall–Kier alpha value is -3.16. The van der Waals surface area contributed by atoms with Crippen molar-refractivity contribution in [1.82, 2.24) is 10.6 Å². The number of hydrogen-bond donors (Lipinski definition) is 2. The van der Waals surface area contributed by atoms with Gasteiger partial charge in [-0.05, 0) is 12.5 Å². The van der Waals surface area contributed by atoms with Gasteiger partial charge in [0.2, 0.25) is 0 Å². The van der Waals surface area contributed by atoms with Gasteiger partial charge in [-0.3, -0.25) is 10.1 Å². The van der Waals surface area contributed by atoms with Crippen LogP contribution in [0.15, 0.2) is 48.2 Å². The summed E-state index contributed by atoms with van der Waals surface area (Å²) < 4.78 is 5.03. The van der Waals surface area contributed by atoms with Crippen molar-refractivity contribution in [2.24, 2.45) is 0 Å². The number of allylic oxidation sites excluding steroid dienone is 1. The van der Waals surface area contributed by atoms with Gasteiger partial charge in [-0.25, -0.2) is 9.59 Å². The third-order valence-corrected chi connectivity index (χ3v) is 3.24. The zero-order chi connectivity index (χ0) is 17.0. The third-order valence-electron chi connectivity index (χ3n) is 3.24. The number of hydrogen-bond acceptors (Lipinski definition) is 5. The minimum absolute atomic E-state index is 0.0191. The fourth-order valence-corrected chi connectivity index (χ4v) is 2.24. The second kappa shape index (κ2) is 6.73. The molecule has 2 rings (SSSR count). The summed E-state index contributed by atoms with van der Waals surface area (Å²) in [7, 11) is 0. The van der Waals surface area contributed by atoms with Gasteiger partial charge in [0.15, 0.2) is 0 Å². The number of non-ortho nitro benzene ring substituents is 1. The molecular weight excluding hydrogens is 302 g/mol. The minimum atomic E-state index is -0.832. The van der Waals surface area contributed by atoms with Crippen molar-refractivity contribution in [2.75, 3.05) is 6.61 Å². The number of nitrogens with zero attached hydrogens (tertiary/aromatic N) is 1. The molecule has 0 spiro atoms. The lowest BCUT2D eigenvalue weighted by Gasteiger charge is -2.27. The van der Waals surface area contributed by atoms with Crippen molar-refractivity contribution < 1.29 is 19.2 Å². The van der Waals surface area contributed by atoms with Crippen LogP contribution in [0.1, 0.15) is 18.5 Å². The third kappa shape index (κ3) is 3.54. The molecule has 0 aromatic heterocycles. The predicted octanol–water partition coefficient (Wildman–Crippen LogP) is 1.95. The number of benzene rings is 1. The molecule has 1 unspecified atom stereocenters. The summed E-state index contributed by atoms with van der Waals surface area (Å²) in [5.41, 5.74) is 0.803. The summed E-state index contributed by atoms with van der Waals surface area (Å²) >= 11 is 0. The highest BCUT2D eigenvalue weighted by Crippen LogP contribution is 2.29. The molecule has 1 aromatic carbocycles. The van der Waals surface area contributed by atoms with Gasteiger partial charge in [0.25, 0.3) is 5.69 Å². The van der Waals surface area contributed by atoms with Crippen molar-refractivity contribution >= 4 is 17.7 Å². The molecule has 0 radical (unpaired) electrons. The highest BCUT2D eigenvalue weighted by molar-refractivity contribution is 5.95. The zero-order valence-electron chi connectivity index (χ0n) is 12.4. The maximum atomic E-state index is 12.2. The van der Waals surface area contributed by atoms with Gasteiger partial charge < -0.3 is 15.4 Å². The smallest absolute Gasteiger partial charge is 0.338 e. The maximum Gasteiger partial charge on any atom is 0.338 e. The Morgan fingerprint density at radius 2 is 2.26 bits per heavy atom. The molecule has 0 saturated heterocycles. The molecule has 1 aromatic rings. The van der Waals surface area contributed by atoms with Crippen LogP contribution in [0.5, 0.6) is 0 Å². The van der Waals surface area contributed by atoms with Crippen LogP contribution in [-0.2, 0) is 9.53 Å². The minimum Gasteiger partial charge on any atom is -0.458 e. The molecule has 0 saturated carbocycles. The average Bonchev–Trinajstić information content (AvgIpc) is 2.52. The van der Waals surface area contributed by atoms with Gasteiger partial charge in [0.1, 0.15) is 6.61 Å². The van der Waals surface area contributed by atoms with E-state index >= 15 is 0 Å². The second-order valence-electron chi connectivity index (χ2n) is 4.81. The Morgan fingerprint density at radius 3 is 2.91 bits per heavy atom. The van der Waals surface area contributed by atoms with E-state index in [-0.39, 0.29) is 17.9 Å². The summed E-state index contributed by atoms with van der Waals surface area (Å²) in [6, 6.07) is 4.39. The topological polar surface area (TPSA) is 111 Å². The van der Waals surface area contributed by atoms with Crippen LogP contribution < -0.4 is 10.6 Å². The molecule has 0 bridgehead atoms. The van der Waals surface area contributed by atoms with E-state index in [0.29, 0.717) is 11.3 Å². The first kappa shape index (κ1) is 16.2. The summed E-state index contributed by atoms with van der Waals surface area (Å²) in [6.45, 7) is 5.05. The average molecular weight is 317 g/mol. The molecule has 2 amide bonds. The van der Waals surface area contributed by atoms with Crippen LogP contribution in [0.3, 0.4) is 0 Å². The number of nitrogens with one attached hydrogen (secondary N) is 2. The lowest BCUT2D eigenvalue weighted by molar-refractivity contribution is -0.384. The Kier molecular flexibility index (Phi) is 4.75. The van der Waals surface area contributed by atoms with Crippen LogP contribution >= 0.6 is 0 Å². The fraction of sp³-hybridized carbons (Fsp3) is 0.200. The maximum absolute atomic E-state index is 12.2. The molecule has 1 aliphatic heterocycles. The number of urea groups is 1. The van der Waals surface area contributed by atoms with Gasteiger partial charge in [0, 0.05) is 17.8 Å². The van der Waals surface area contributed by atoms with Gasteiger partial charge in [0.05, 0.1) is 16.5 Å². The molecule has 23 heavy (non-hydrogen) atoms. The van der Waals surface area contributed by atoms with E-state index < -0.39 is 23.0 Å². The second-order valence-corrected chi connectivity index (χ2v) is 4.81. The zero-order valence-corrected chi connectivity index (χ0v) is 12.4. The summed E-state index contributed by atoms with van der Waals surface area (Å²) in [5, 5.41) is 16.0. The van der Waals surface area contributed by atoms with Crippen LogP contribution in [-0.4, -0.2) is 23.5 Å². The van der Waals surface area contributed by atoms with E-state index in [0.717, 1.165) is 0 Å². The van der Waals surface area contributed by atoms with Gasteiger partial charge in [-0.15, -0.1) is 0 Å². The number of carbonyl (C=O) groups excluding carboxylic acids is 2. The van der Waals surface area contributed by atoms with Crippen LogP contribution in [0.25, 0.3) is 0 Å². The first-order valence-corrected chi connectivity index (χ1v) is 6.74. The number of carbonyl (C=O) groups is 2. The highest BCUT2D eigenvalue weighted by Gasteiger charge is 2.32. The van der Waals surface area contributed by atoms with Crippen molar-refractivity contribution in [3.05, 3.63) is 63.9 Å². The Morgan fingerprint density at radius 1 is 1.52 bits per heavy atom. The normalized spacial score (nSPS) is 17.1. The van der Waals surface area contributed by atoms with E-state index in [9.17, 15) is 19.7 Å². The van der Waals surface area contributed by atoms with Gasteiger partial charge in [-0.2, -0.15) is 0 Å². The summed E-state index contributed by atoms with van der Waals surface area (Å²) in [5.74, 6) is -0.633. The number of amides is 2. The largest absolute Gasteiger partial charge is 0.458 e. The number of nitro benzene ring substituents is 1. The molecule has 1 heterocycles. The fourth-order valence-electron chi connectivity index (χ4n) is 2.24. The molecule has 0 fully saturated rings. The molecule has 8 nitrogen and oxygen atoms in total. The molecular formula is C15H15N3O5. The van der Waals surface area contributed by atoms with Crippen molar-refractivity contribution in [2.45, 2.75) is 13.0 Å². The lowest BCUT2D eigenvalue weighted by Crippen LogP contribution is -2.45. The predicted molar refractivity (Wildman–Crippen MR) is 81.4 cm³/mol. The molecule has 0 aliphatic carbocycles. The SMILES string of the molecule is C=CCOC(=O)C1=C(C)NC(=O)NC1c1cccc([N+](=O)[O-])c1. The number of ether oxygens (including phenoxy) is 1. The van der Waals surface area contributed by atoms with Crippen molar-refractivity contribution in [3.8, 4) is 0 Å². The van der Waals surface area contributed by atoms with Gasteiger partial charge >= 0.3 is 12.0 Å². The Balaban J connectivity index is 2.44. The van der Waals surface area contributed by atoms with Crippen LogP contribution in [0, 0.1) is 10.1 Å².